The van der Waals surface area contributed by atoms with Crippen LogP contribution in [-0.4, -0.2) is 20.5 Å². The molecule has 2 N–H and O–H groups in total. The van der Waals surface area contributed by atoms with Gasteiger partial charge in [-0.25, -0.2) is 0 Å². The highest BCUT2D eigenvalue weighted by Gasteiger charge is 2.33. The van der Waals surface area contributed by atoms with Crippen molar-refractivity contribution < 1.29 is 9.47 Å². The van der Waals surface area contributed by atoms with Crippen LogP contribution in [0.5, 0.6) is 11.5 Å². The maximum atomic E-state index is 6.63. The van der Waals surface area contributed by atoms with E-state index in [1.54, 1.807) is 26.0 Å². The van der Waals surface area contributed by atoms with Crippen molar-refractivity contribution >= 4 is 11.8 Å². The number of hydrogen-bond acceptors (Lipinski definition) is 4. The molecule has 1 aromatic rings. The lowest BCUT2D eigenvalue weighted by Crippen LogP contribution is -2.39. The van der Waals surface area contributed by atoms with Crippen molar-refractivity contribution in [3.8, 4) is 11.5 Å². The molecule has 0 spiro atoms. The van der Waals surface area contributed by atoms with E-state index in [1.807, 2.05) is 6.26 Å². The highest BCUT2D eigenvalue weighted by Crippen LogP contribution is 2.46. The standard InChI is InChI=1S/C15H23NO2S/c1-17-13-11(15(16)9-5-4-6-10-15)7-8-12(19-3)14(13)18-2/h7-8H,4-6,9-10,16H2,1-3H3. The smallest absolute Gasteiger partial charge is 0.174 e. The average Bonchev–Trinajstić information content (AvgIpc) is 2.46. The molecule has 1 fully saturated rings. The van der Waals surface area contributed by atoms with Crippen molar-refractivity contribution in [2.45, 2.75) is 42.5 Å². The minimum atomic E-state index is -0.270. The summed E-state index contributed by atoms with van der Waals surface area (Å²) in [5.41, 5.74) is 7.45. The molecule has 19 heavy (non-hydrogen) atoms. The summed E-state index contributed by atoms with van der Waals surface area (Å²) in [5, 5.41) is 0. The number of methoxy groups -OCH3 is 2. The van der Waals surface area contributed by atoms with Crippen LogP contribution in [0.25, 0.3) is 0 Å². The van der Waals surface area contributed by atoms with Gasteiger partial charge >= 0.3 is 0 Å². The van der Waals surface area contributed by atoms with Crippen LogP contribution in [0.1, 0.15) is 37.7 Å². The van der Waals surface area contributed by atoms with E-state index in [1.165, 1.54) is 19.3 Å². The molecule has 0 amide bonds. The molecular weight excluding hydrogens is 258 g/mol. The zero-order valence-electron chi connectivity index (χ0n) is 12.0. The molecule has 0 unspecified atom stereocenters. The maximum Gasteiger partial charge on any atom is 0.174 e. The predicted molar refractivity (Wildman–Crippen MR) is 80.3 cm³/mol. The van der Waals surface area contributed by atoms with E-state index in [9.17, 15) is 0 Å². The first-order valence-corrected chi connectivity index (χ1v) is 7.97. The minimum absolute atomic E-state index is 0.270. The topological polar surface area (TPSA) is 44.5 Å². The third-order valence-corrected chi connectivity index (χ3v) is 4.75. The van der Waals surface area contributed by atoms with Gasteiger partial charge in [0.25, 0.3) is 0 Å². The number of rotatable bonds is 4. The largest absolute Gasteiger partial charge is 0.492 e. The molecule has 0 radical (unpaired) electrons. The van der Waals surface area contributed by atoms with Crippen LogP contribution in [0.4, 0.5) is 0 Å². The Hall–Kier alpha value is -0.870. The summed E-state index contributed by atoms with van der Waals surface area (Å²) in [6, 6.07) is 4.20. The first-order valence-electron chi connectivity index (χ1n) is 6.74. The van der Waals surface area contributed by atoms with Crippen LogP contribution in [-0.2, 0) is 5.54 Å². The molecule has 0 heterocycles. The molecule has 1 aromatic carbocycles. The van der Waals surface area contributed by atoms with Gasteiger partial charge in [-0.1, -0.05) is 25.3 Å². The summed E-state index contributed by atoms with van der Waals surface area (Å²) >= 11 is 1.66. The van der Waals surface area contributed by atoms with Crippen molar-refractivity contribution in [1.29, 1.82) is 0 Å². The molecular formula is C15H23NO2S. The second kappa shape index (κ2) is 6.06. The highest BCUT2D eigenvalue weighted by atomic mass is 32.2. The van der Waals surface area contributed by atoms with E-state index in [2.05, 4.69) is 12.1 Å². The first kappa shape index (κ1) is 14.5. The summed E-state index contributed by atoms with van der Waals surface area (Å²) in [7, 11) is 3.38. The maximum absolute atomic E-state index is 6.63. The Bertz CT molecular complexity index is 442. The van der Waals surface area contributed by atoms with Gasteiger partial charge in [-0.05, 0) is 25.2 Å². The zero-order chi connectivity index (χ0) is 13.9. The second-order valence-electron chi connectivity index (χ2n) is 5.10. The van der Waals surface area contributed by atoms with Crippen LogP contribution in [0.2, 0.25) is 0 Å². The van der Waals surface area contributed by atoms with E-state index >= 15 is 0 Å². The number of ether oxygens (including phenoxy) is 2. The lowest BCUT2D eigenvalue weighted by molar-refractivity contribution is 0.280. The average molecular weight is 281 g/mol. The predicted octanol–water partition coefficient (Wildman–Crippen LogP) is 3.54. The van der Waals surface area contributed by atoms with Crippen LogP contribution in [0, 0.1) is 0 Å². The fourth-order valence-corrected chi connectivity index (χ4v) is 3.51. The Morgan fingerprint density at radius 1 is 1.05 bits per heavy atom. The summed E-state index contributed by atoms with van der Waals surface area (Å²) < 4.78 is 11.1. The van der Waals surface area contributed by atoms with Gasteiger partial charge in [-0.15, -0.1) is 11.8 Å². The molecule has 1 aliphatic carbocycles. The van der Waals surface area contributed by atoms with Gasteiger partial charge < -0.3 is 15.2 Å². The molecule has 106 valence electrons. The number of nitrogens with two attached hydrogens (primary N) is 1. The number of hydrogen-bond donors (Lipinski definition) is 1. The van der Waals surface area contributed by atoms with Gasteiger partial charge in [-0.3, -0.25) is 0 Å². The summed E-state index contributed by atoms with van der Waals surface area (Å²) in [6.45, 7) is 0. The van der Waals surface area contributed by atoms with Gasteiger partial charge in [0.15, 0.2) is 11.5 Å². The van der Waals surface area contributed by atoms with Crippen molar-refractivity contribution in [2.75, 3.05) is 20.5 Å². The SMILES string of the molecule is COc1c(SC)ccc(C2(N)CCCCC2)c1OC. The molecule has 1 saturated carbocycles. The van der Waals surface area contributed by atoms with E-state index in [0.717, 1.165) is 34.8 Å². The summed E-state index contributed by atoms with van der Waals surface area (Å²) in [6.07, 6.45) is 7.73. The third-order valence-electron chi connectivity index (χ3n) is 3.99. The van der Waals surface area contributed by atoms with Gasteiger partial charge in [0.1, 0.15) is 0 Å². The Morgan fingerprint density at radius 2 is 1.68 bits per heavy atom. The Morgan fingerprint density at radius 3 is 2.21 bits per heavy atom. The second-order valence-corrected chi connectivity index (χ2v) is 5.95. The van der Waals surface area contributed by atoms with E-state index in [-0.39, 0.29) is 5.54 Å². The molecule has 3 nitrogen and oxygen atoms in total. The molecule has 0 bridgehead atoms. The van der Waals surface area contributed by atoms with Crippen LogP contribution < -0.4 is 15.2 Å². The monoisotopic (exact) mass is 281 g/mol. The molecule has 0 atom stereocenters. The molecule has 0 aliphatic heterocycles. The van der Waals surface area contributed by atoms with Crippen molar-refractivity contribution in [3.05, 3.63) is 17.7 Å². The minimum Gasteiger partial charge on any atom is -0.492 e. The molecule has 2 rings (SSSR count). The van der Waals surface area contributed by atoms with E-state index < -0.39 is 0 Å². The van der Waals surface area contributed by atoms with E-state index in [0.29, 0.717) is 0 Å². The lowest BCUT2D eigenvalue weighted by atomic mass is 9.77. The zero-order valence-corrected chi connectivity index (χ0v) is 12.8. The fourth-order valence-electron chi connectivity index (χ4n) is 2.95. The Kier molecular flexibility index (Phi) is 4.63. The molecule has 0 aromatic heterocycles. The van der Waals surface area contributed by atoms with Gasteiger partial charge in [-0.2, -0.15) is 0 Å². The van der Waals surface area contributed by atoms with E-state index in [4.69, 9.17) is 15.2 Å². The Balaban J connectivity index is 2.50. The van der Waals surface area contributed by atoms with Crippen molar-refractivity contribution in [1.82, 2.24) is 0 Å². The third kappa shape index (κ3) is 2.70. The lowest BCUT2D eigenvalue weighted by Gasteiger charge is -2.35. The summed E-state index contributed by atoms with van der Waals surface area (Å²) in [4.78, 5) is 1.09. The molecule has 0 saturated heterocycles. The van der Waals surface area contributed by atoms with Crippen LogP contribution in [0.3, 0.4) is 0 Å². The van der Waals surface area contributed by atoms with Crippen molar-refractivity contribution in [3.63, 3.8) is 0 Å². The van der Waals surface area contributed by atoms with Crippen molar-refractivity contribution in [2.24, 2.45) is 5.73 Å². The van der Waals surface area contributed by atoms with Gasteiger partial charge in [0.05, 0.1) is 19.1 Å². The quantitative estimate of drug-likeness (QED) is 0.857. The number of benzene rings is 1. The molecule has 1 aliphatic rings. The first-order chi connectivity index (χ1) is 9.16. The van der Waals surface area contributed by atoms with Crippen LogP contribution >= 0.6 is 11.8 Å². The normalized spacial score (nSPS) is 18.1. The summed E-state index contributed by atoms with van der Waals surface area (Å²) in [5.74, 6) is 1.61. The highest BCUT2D eigenvalue weighted by molar-refractivity contribution is 7.98. The van der Waals surface area contributed by atoms with Gasteiger partial charge in [0, 0.05) is 11.1 Å². The molecule has 4 heteroatoms. The fraction of sp³-hybridized carbons (Fsp3) is 0.600. The number of thioether (sulfide) groups is 1. The Labute approximate surface area is 119 Å². The van der Waals surface area contributed by atoms with Crippen LogP contribution in [0.15, 0.2) is 17.0 Å². The van der Waals surface area contributed by atoms with Gasteiger partial charge in [0.2, 0.25) is 0 Å².